The van der Waals surface area contributed by atoms with Crippen LogP contribution >= 0.6 is 12.4 Å². The van der Waals surface area contributed by atoms with E-state index in [2.05, 4.69) is 16.0 Å². The third kappa shape index (κ3) is 5.34. The molecule has 24 heavy (non-hydrogen) atoms. The smallest absolute Gasteiger partial charge is 0.325 e. The van der Waals surface area contributed by atoms with Crippen molar-refractivity contribution in [2.45, 2.75) is 64.0 Å². The van der Waals surface area contributed by atoms with Crippen LogP contribution in [0.3, 0.4) is 0 Å². The van der Waals surface area contributed by atoms with Gasteiger partial charge in [-0.1, -0.05) is 25.7 Å². The molecule has 0 aromatic heterocycles. The molecule has 0 atom stereocenters. The van der Waals surface area contributed by atoms with Gasteiger partial charge in [0.05, 0.1) is 0 Å². The first kappa shape index (κ1) is 20.7. The summed E-state index contributed by atoms with van der Waals surface area (Å²) in [7, 11) is 0. The number of amides is 4. The van der Waals surface area contributed by atoms with E-state index >= 15 is 0 Å². The highest BCUT2D eigenvalue weighted by Crippen LogP contribution is 2.20. The fourth-order valence-corrected chi connectivity index (χ4v) is 3.12. The number of imide groups is 1. The third-order valence-electron chi connectivity index (χ3n) is 4.73. The Bertz CT molecular complexity index is 462. The summed E-state index contributed by atoms with van der Waals surface area (Å²) in [5.74, 6) is -0.615. The molecule has 1 aliphatic heterocycles. The largest absolute Gasteiger partial charge is 0.353 e. The second kappa shape index (κ2) is 9.22. The molecular formula is C16H29ClN4O3. The third-order valence-corrected chi connectivity index (χ3v) is 4.73. The Labute approximate surface area is 149 Å². The van der Waals surface area contributed by atoms with Crippen LogP contribution in [0.4, 0.5) is 4.79 Å². The molecule has 0 spiro atoms. The van der Waals surface area contributed by atoms with Crippen molar-refractivity contribution < 1.29 is 14.4 Å². The second-order valence-corrected chi connectivity index (χ2v) is 6.90. The van der Waals surface area contributed by atoms with E-state index in [1.807, 2.05) is 0 Å². The lowest BCUT2D eigenvalue weighted by molar-refractivity contribution is -0.127. The second-order valence-electron chi connectivity index (χ2n) is 6.90. The quantitative estimate of drug-likeness (QED) is 0.377. The Morgan fingerprint density at radius 3 is 2.33 bits per heavy atom. The van der Waals surface area contributed by atoms with E-state index in [1.54, 1.807) is 13.8 Å². The van der Waals surface area contributed by atoms with Crippen LogP contribution in [0.25, 0.3) is 0 Å². The van der Waals surface area contributed by atoms with Crippen molar-refractivity contribution in [3.05, 3.63) is 0 Å². The Morgan fingerprint density at radius 2 is 1.79 bits per heavy atom. The standard InChI is InChI=1S/C16H28N4O3.ClH/c1-16(2)14(22)19-15(23)20(16)11-13(21)18-10-9-17-12-7-5-3-4-6-8-12;/h12,17H,3-11H2,1-2H3,(H,18,21)(H,19,22,23);1H. The van der Waals surface area contributed by atoms with Gasteiger partial charge in [-0.3, -0.25) is 14.9 Å². The van der Waals surface area contributed by atoms with E-state index < -0.39 is 11.6 Å². The lowest BCUT2D eigenvalue weighted by atomic mass is 10.0. The maximum atomic E-state index is 12.0. The maximum Gasteiger partial charge on any atom is 0.325 e. The van der Waals surface area contributed by atoms with Crippen LogP contribution < -0.4 is 16.0 Å². The number of carbonyl (C=O) groups is 3. The summed E-state index contributed by atoms with van der Waals surface area (Å²) in [6.07, 6.45) is 7.60. The van der Waals surface area contributed by atoms with Gasteiger partial charge in [-0.2, -0.15) is 0 Å². The molecule has 3 N–H and O–H groups in total. The zero-order chi connectivity index (χ0) is 16.9. The fourth-order valence-electron chi connectivity index (χ4n) is 3.12. The van der Waals surface area contributed by atoms with Crippen LogP contribution in [0.5, 0.6) is 0 Å². The molecule has 7 nitrogen and oxygen atoms in total. The van der Waals surface area contributed by atoms with Gasteiger partial charge in [-0.25, -0.2) is 4.79 Å². The molecule has 8 heteroatoms. The molecule has 0 radical (unpaired) electrons. The van der Waals surface area contributed by atoms with Gasteiger partial charge in [-0.15, -0.1) is 12.4 Å². The van der Waals surface area contributed by atoms with Crippen LogP contribution in [-0.2, 0) is 9.59 Å². The highest BCUT2D eigenvalue weighted by molar-refractivity contribution is 6.07. The van der Waals surface area contributed by atoms with Crippen molar-refractivity contribution in [1.82, 2.24) is 20.9 Å². The molecule has 0 aromatic carbocycles. The molecule has 2 aliphatic rings. The Morgan fingerprint density at radius 1 is 1.17 bits per heavy atom. The Balaban J connectivity index is 0.00000288. The lowest BCUT2D eigenvalue weighted by Gasteiger charge is -2.27. The average Bonchev–Trinajstić information content (AvgIpc) is 2.71. The molecule has 0 unspecified atom stereocenters. The molecular weight excluding hydrogens is 332 g/mol. The molecule has 2 rings (SSSR count). The summed E-state index contributed by atoms with van der Waals surface area (Å²) in [5, 5.41) is 8.52. The van der Waals surface area contributed by atoms with E-state index in [0.29, 0.717) is 12.6 Å². The predicted molar refractivity (Wildman–Crippen MR) is 94.1 cm³/mol. The van der Waals surface area contributed by atoms with Gasteiger partial charge >= 0.3 is 6.03 Å². The topological polar surface area (TPSA) is 90.5 Å². The van der Waals surface area contributed by atoms with Gasteiger partial charge in [-0.05, 0) is 26.7 Å². The number of hydrogen-bond acceptors (Lipinski definition) is 4. The monoisotopic (exact) mass is 360 g/mol. The molecule has 1 aliphatic carbocycles. The Hall–Kier alpha value is -1.34. The zero-order valence-corrected chi connectivity index (χ0v) is 15.3. The molecule has 1 heterocycles. The predicted octanol–water partition coefficient (Wildman–Crippen LogP) is 1.17. The summed E-state index contributed by atoms with van der Waals surface area (Å²) in [4.78, 5) is 36.6. The summed E-state index contributed by atoms with van der Waals surface area (Å²) in [6.45, 7) is 4.42. The molecule has 1 saturated heterocycles. The SMILES string of the molecule is CC1(C)C(=O)NC(=O)N1CC(=O)NCCNC1CCCCCC1.Cl. The fraction of sp³-hybridized carbons (Fsp3) is 0.812. The van der Waals surface area contributed by atoms with Crippen LogP contribution in [-0.4, -0.2) is 54.0 Å². The number of halogens is 1. The highest BCUT2D eigenvalue weighted by atomic mass is 35.5. The number of nitrogens with one attached hydrogen (secondary N) is 3. The van der Waals surface area contributed by atoms with Gasteiger partial charge in [0.25, 0.3) is 5.91 Å². The van der Waals surface area contributed by atoms with E-state index in [9.17, 15) is 14.4 Å². The number of rotatable bonds is 6. The summed E-state index contributed by atoms with van der Waals surface area (Å²) in [5.41, 5.74) is -0.979. The average molecular weight is 361 g/mol. The highest BCUT2D eigenvalue weighted by Gasteiger charge is 2.46. The van der Waals surface area contributed by atoms with Crippen LogP contribution in [0.2, 0.25) is 0 Å². The first-order chi connectivity index (χ1) is 10.9. The first-order valence-electron chi connectivity index (χ1n) is 8.54. The van der Waals surface area contributed by atoms with Crippen molar-refractivity contribution in [2.24, 2.45) is 0 Å². The van der Waals surface area contributed by atoms with E-state index in [-0.39, 0.29) is 30.8 Å². The Kier molecular flexibility index (Phi) is 7.96. The van der Waals surface area contributed by atoms with Crippen LogP contribution in [0.15, 0.2) is 0 Å². The number of nitrogens with zero attached hydrogens (tertiary/aromatic N) is 1. The van der Waals surface area contributed by atoms with Crippen LogP contribution in [0.1, 0.15) is 52.4 Å². The number of urea groups is 1. The number of hydrogen-bond donors (Lipinski definition) is 3. The van der Waals surface area contributed by atoms with Crippen LogP contribution in [0, 0.1) is 0 Å². The number of carbonyl (C=O) groups excluding carboxylic acids is 3. The van der Waals surface area contributed by atoms with Crippen molar-refractivity contribution >= 4 is 30.3 Å². The summed E-state index contributed by atoms with van der Waals surface area (Å²) >= 11 is 0. The van der Waals surface area contributed by atoms with Gasteiger partial charge in [0.1, 0.15) is 12.1 Å². The minimum Gasteiger partial charge on any atom is -0.353 e. The van der Waals surface area contributed by atoms with Crippen molar-refractivity contribution in [1.29, 1.82) is 0 Å². The summed E-state index contributed by atoms with van der Waals surface area (Å²) in [6, 6.07) is 0.0436. The molecule has 4 amide bonds. The van der Waals surface area contributed by atoms with E-state index in [4.69, 9.17) is 0 Å². The van der Waals surface area contributed by atoms with Gasteiger partial charge in [0.15, 0.2) is 0 Å². The van der Waals surface area contributed by atoms with Crippen molar-refractivity contribution in [2.75, 3.05) is 19.6 Å². The maximum absolute atomic E-state index is 12.0. The van der Waals surface area contributed by atoms with Gasteiger partial charge in [0.2, 0.25) is 5.91 Å². The molecule has 138 valence electrons. The van der Waals surface area contributed by atoms with Crippen molar-refractivity contribution in [3.8, 4) is 0 Å². The molecule has 0 bridgehead atoms. The van der Waals surface area contributed by atoms with E-state index in [0.717, 1.165) is 6.54 Å². The minimum atomic E-state index is -0.979. The molecule has 1 saturated carbocycles. The minimum absolute atomic E-state index is 0. The molecule has 2 fully saturated rings. The zero-order valence-electron chi connectivity index (χ0n) is 14.5. The first-order valence-corrected chi connectivity index (χ1v) is 8.54. The summed E-state index contributed by atoms with van der Waals surface area (Å²) < 4.78 is 0. The van der Waals surface area contributed by atoms with Gasteiger partial charge < -0.3 is 15.5 Å². The van der Waals surface area contributed by atoms with Gasteiger partial charge in [0, 0.05) is 19.1 Å². The van der Waals surface area contributed by atoms with E-state index in [1.165, 1.54) is 43.4 Å². The lowest BCUT2D eigenvalue weighted by Crippen LogP contribution is -2.49. The molecule has 0 aromatic rings. The normalized spacial score (nSPS) is 21.0. The van der Waals surface area contributed by atoms with Crippen molar-refractivity contribution in [3.63, 3.8) is 0 Å².